The maximum absolute atomic E-state index is 13.3. The van der Waals surface area contributed by atoms with Gasteiger partial charge in [-0.05, 0) is 35.9 Å². The van der Waals surface area contributed by atoms with E-state index in [1.807, 2.05) is 0 Å². The van der Waals surface area contributed by atoms with Crippen LogP contribution in [-0.4, -0.2) is 19.3 Å². The van der Waals surface area contributed by atoms with Gasteiger partial charge in [0.25, 0.3) is 0 Å². The van der Waals surface area contributed by atoms with E-state index in [0.29, 0.717) is 6.20 Å². The molecule has 32 heavy (non-hydrogen) atoms. The number of halogens is 5. The summed E-state index contributed by atoms with van der Waals surface area (Å²) in [6.07, 6.45) is -3.41. The van der Waals surface area contributed by atoms with Gasteiger partial charge < -0.3 is 5.32 Å². The van der Waals surface area contributed by atoms with E-state index in [2.05, 4.69) is 10.3 Å². The molecular weight excluding hydrogens is 457 g/mol. The summed E-state index contributed by atoms with van der Waals surface area (Å²) in [5.41, 5.74) is -1.24. The molecule has 0 radical (unpaired) electrons. The van der Waals surface area contributed by atoms with Crippen molar-refractivity contribution < 1.29 is 35.2 Å². The summed E-state index contributed by atoms with van der Waals surface area (Å²) in [7, 11) is -4.41. The number of hydrogen-bond donors (Lipinski definition) is 2. The SMILES string of the molecule is NS(=O)(=O)c1cc(NC(=O)Cc2ccc(F)c(F)c2)ccc1-c1cncc(C(F)(F)F)c1. The number of benzene rings is 2. The summed E-state index contributed by atoms with van der Waals surface area (Å²) in [6.45, 7) is 0. The van der Waals surface area contributed by atoms with E-state index in [0.717, 1.165) is 30.5 Å². The van der Waals surface area contributed by atoms with Gasteiger partial charge in [-0.1, -0.05) is 12.1 Å². The lowest BCUT2D eigenvalue weighted by Gasteiger charge is -2.13. The number of alkyl halides is 3. The normalized spacial score (nSPS) is 11.9. The number of hydrogen-bond acceptors (Lipinski definition) is 4. The largest absolute Gasteiger partial charge is 0.417 e. The standard InChI is InChI=1S/C20H14F5N3O3S/c21-16-4-1-11(5-17(16)22)6-19(29)28-14-2-3-15(18(8-14)32(26,30)31)12-7-13(10-27-9-12)20(23,24)25/h1-5,7-10H,6H2,(H,28,29)(H2,26,30,31). The van der Waals surface area contributed by atoms with Gasteiger partial charge in [0, 0.05) is 29.2 Å². The molecule has 1 aromatic heterocycles. The highest BCUT2D eigenvalue weighted by Gasteiger charge is 2.31. The zero-order chi connectivity index (χ0) is 23.7. The predicted octanol–water partition coefficient (Wildman–Crippen LogP) is 3.87. The highest BCUT2D eigenvalue weighted by atomic mass is 32.2. The number of sulfonamides is 1. The van der Waals surface area contributed by atoms with Gasteiger partial charge in [0.2, 0.25) is 15.9 Å². The van der Waals surface area contributed by atoms with Crippen molar-refractivity contribution in [2.45, 2.75) is 17.5 Å². The Kier molecular flexibility index (Phi) is 6.28. The summed E-state index contributed by atoms with van der Waals surface area (Å²) >= 11 is 0. The minimum atomic E-state index is -4.70. The van der Waals surface area contributed by atoms with Crippen LogP contribution < -0.4 is 10.5 Å². The van der Waals surface area contributed by atoms with Crippen molar-refractivity contribution in [2.75, 3.05) is 5.32 Å². The van der Waals surface area contributed by atoms with E-state index in [1.54, 1.807) is 0 Å². The molecule has 0 atom stereocenters. The fraction of sp³-hybridized carbons (Fsp3) is 0.100. The van der Waals surface area contributed by atoms with Gasteiger partial charge in [0.1, 0.15) is 0 Å². The molecule has 0 bridgehead atoms. The maximum atomic E-state index is 13.3. The molecule has 1 amide bonds. The van der Waals surface area contributed by atoms with E-state index in [-0.39, 0.29) is 28.8 Å². The predicted molar refractivity (Wildman–Crippen MR) is 105 cm³/mol. The fourth-order valence-electron chi connectivity index (χ4n) is 2.86. The summed E-state index contributed by atoms with van der Waals surface area (Å²) in [4.78, 5) is 15.2. The number of nitrogens with zero attached hydrogens (tertiary/aromatic N) is 1. The van der Waals surface area contributed by atoms with Crippen LogP contribution in [0, 0.1) is 11.6 Å². The molecule has 168 valence electrons. The van der Waals surface area contributed by atoms with Gasteiger partial charge in [-0.2, -0.15) is 13.2 Å². The zero-order valence-corrected chi connectivity index (χ0v) is 16.8. The summed E-state index contributed by atoms with van der Waals surface area (Å²) in [5, 5.41) is 7.59. The summed E-state index contributed by atoms with van der Waals surface area (Å²) < 4.78 is 89.3. The highest BCUT2D eigenvalue weighted by Crippen LogP contribution is 2.34. The Morgan fingerprint density at radius 1 is 1.00 bits per heavy atom. The first-order chi connectivity index (χ1) is 14.8. The molecule has 12 heteroatoms. The quantitative estimate of drug-likeness (QED) is 0.552. The average molecular weight is 471 g/mol. The van der Waals surface area contributed by atoms with Gasteiger partial charge in [-0.15, -0.1) is 0 Å². The minimum Gasteiger partial charge on any atom is -0.326 e. The summed E-state index contributed by atoms with van der Waals surface area (Å²) in [6, 6.07) is 7.03. The molecule has 0 spiro atoms. The van der Waals surface area contributed by atoms with Crippen molar-refractivity contribution in [1.82, 2.24) is 4.98 Å². The second-order valence-corrected chi connectivity index (χ2v) is 8.22. The lowest BCUT2D eigenvalue weighted by molar-refractivity contribution is -0.137. The van der Waals surface area contributed by atoms with Crippen LogP contribution >= 0.6 is 0 Å². The van der Waals surface area contributed by atoms with Gasteiger partial charge in [-0.25, -0.2) is 22.3 Å². The Morgan fingerprint density at radius 2 is 1.72 bits per heavy atom. The number of rotatable bonds is 5. The lowest BCUT2D eigenvalue weighted by Crippen LogP contribution is -2.17. The zero-order valence-electron chi connectivity index (χ0n) is 16.0. The fourth-order valence-corrected chi connectivity index (χ4v) is 3.64. The van der Waals surface area contributed by atoms with Crippen LogP contribution in [0.3, 0.4) is 0 Å². The van der Waals surface area contributed by atoms with Crippen molar-refractivity contribution in [3.05, 3.63) is 77.6 Å². The van der Waals surface area contributed by atoms with E-state index < -0.39 is 44.2 Å². The third kappa shape index (κ3) is 5.45. The number of nitrogens with two attached hydrogens (primary N) is 1. The van der Waals surface area contributed by atoms with E-state index in [4.69, 9.17) is 5.14 Å². The van der Waals surface area contributed by atoms with E-state index in [1.165, 1.54) is 18.2 Å². The number of aromatic nitrogens is 1. The van der Waals surface area contributed by atoms with Gasteiger partial charge in [0.15, 0.2) is 11.6 Å². The molecule has 3 N–H and O–H groups in total. The first-order valence-corrected chi connectivity index (χ1v) is 10.3. The first-order valence-electron chi connectivity index (χ1n) is 8.78. The topological polar surface area (TPSA) is 102 Å². The van der Waals surface area contributed by atoms with Crippen molar-refractivity contribution in [1.29, 1.82) is 0 Å². The van der Waals surface area contributed by atoms with Crippen molar-refractivity contribution in [3.8, 4) is 11.1 Å². The number of nitrogens with one attached hydrogen (secondary N) is 1. The highest BCUT2D eigenvalue weighted by molar-refractivity contribution is 7.89. The van der Waals surface area contributed by atoms with Crippen molar-refractivity contribution in [2.24, 2.45) is 5.14 Å². The number of amides is 1. The maximum Gasteiger partial charge on any atom is 0.417 e. The number of carbonyl (C=O) groups is 1. The van der Waals surface area contributed by atoms with Crippen LogP contribution in [0.4, 0.5) is 27.6 Å². The Balaban J connectivity index is 1.92. The molecular formula is C20H14F5N3O3S. The van der Waals surface area contributed by atoms with E-state index >= 15 is 0 Å². The van der Waals surface area contributed by atoms with Crippen LogP contribution in [0.5, 0.6) is 0 Å². The van der Waals surface area contributed by atoms with Gasteiger partial charge in [0.05, 0.1) is 16.9 Å². The molecule has 0 fully saturated rings. The Morgan fingerprint density at radius 3 is 2.34 bits per heavy atom. The van der Waals surface area contributed by atoms with Gasteiger partial charge in [-0.3, -0.25) is 9.78 Å². The van der Waals surface area contributed by atoms with Crippen molar-refractivity contribution >= 4 is 21.6 Å². The Labute approximate surface area is 178 Å². The molecule has 3 rings (SSSR count). The molecule has 0 aliphatic heterocycles. The van der Waals surface area contributed by atoms with Gasteiger partial charge >= 0.3 is 6.18 Å². The van der Waals surface area contributed by atoms with Crippen LogP contribution in [0.1, 0.15) is 11.1 Å². The molecule has 0 unspecified atom stereocenters. The second kappa shape index (κ2) is 8.63. The molecule has 0 saturated carbocycles. The minimum absolute atomic E-state index is 0.0229. The second-order valence-electron chi connectivity index (χ2n) is 6.69. The molecule has 0 saturated heterocycles. The van der Waals surface area contributed by atoms with Crippen LogP contribution in [-0.2, 0) is 27.4 Å². The number of pyridine rings is 1. The molecule has 0 aliphatic rings. The van der Waals surface area contributed by atoms with Crippen LogP contribution in [0.15, 0.2) is 59.8 Å². The number of anilines is 1. The van der Waals surface area contributed by atoms with Crippen molar-refractivity contribution in [3.63, 3.8) is 0 Å². The van der Waals surface area contributed by atoms with E-state index in [9.17, 15) is 35.2 Å². The van der Waals surface area contributed by atoms with Crippen LogP contribution in [0.25, 0.3) is 11.1 Å². The molecule has 1 heterocycles. The smallest absolute Gasteiger partial charge is 0.326 e. The Hall–Kier alpha value is -3.38. The number of carbonyl (C=O) groups excluding carboxylic acids is 1. The molecule has 2 aromatic carbocycles. The third-order valence-corrected chi connectivity index (χ3v) is 5.25. The summed E-state index contributed by atoms with van der Waals surface area (Å²) in [5.74, 6) is -2.89. The van der Waals surface area contributed by atoms with Crippen LogP contribution in [0.2, 0.25) is 0 Å². The third-order valence-electron chi connectivity index (χ3n) is 4.30. The lowest BCUT2D eigenvalue weighted by atomic mass is 10.0. The molecule has 0 aliphatic carbocycles. The average Bonchev–Trinajstić information content (AvgIpc) is 2.69. The molecule has 6 nitrogen and oxygen atoms in total. The monoisotopic (exact) mass is 471 g/mol. The number of primary sulfonamides is 1. The molecule has 3 aromatic rings. The first kappa shape index (κ1) is 23.3. The Bertz CT molecular complexity index is 1290.